The van der Waals surface area contributed by atoms with E-state index in [0.717, 1.165) is 11.1 Å². The lowest BCUT2D eigenvalue weighted by Gasteiger charge is -2.28. The molecule has 0 saturated heterocycles. The monoisotopic (exact) mass is 278 g/mol. The van der Waals surface area contributed by atoms with Gasteiger partial charge in [0.15, 0.2) is 0 Å². The quantitative estimate of drug-likeness (QED) is 0.774. The number of carbonyl (C=O) groups is 2. The van der Waals surface area contributed by atoms with Crippen molar-refractivity contribution in [1.29, 1.82) is 0 Å². The highest BCUT2D eigenvalue weighted by Gasteiger charge is 2.36. The molecule has 0 spiro atoms. The molecule has 0 unspecified atom stereocenters. The van der Waals surface area contributed by atoms with Gasteiger partial charge in [-0.2, -0.15) is 0 Å². The Hall–Kier alpha value is -2.04. The number of carbonyl (C=O) groups excluding carboxylic acids is 1. The molecule has 1 rings (SSSR count). The minimum Gasteiger partial charge on any atom is -0.480 e. The van der Waals surface area contributed by atoms with Gasteiger partial charge in [0.25, 0.3) is 0 Å². The Bertz CT molecular complexity index is 508. The lowest BCUT2D eigenvalue weighted by atomic mass is 9.93. The summed E-state index contributed by atoms with van der Waals surface area (Å²) in [6.45, 7) is 7.31. The lowest BCUT2D eigenvalue weighted by Crippen LogP contribution is -2.55. The maximum Gasteiger partial charge on any atom is 0.329 e. The fraction of sp³-hybridized carbons (Fsp3) is 0.467. The summed E-state index contributed by atoms with van der Waals surface area (Å²) in [5.74, 6) is -1.02. The van der Waals surface area contributed by atoms with Crippen LogP contribution in [0.15, 0.2) is 18.2 Å². The Morgan fingerprint density at radius 2 is 1.80 bits per heavy atom. The van der Waals surface area contributed by atoms with E-state index in [1.807, 2.05) is 32.0 Å². The van der Waals surface area contributed by atoms with Crippen LogP contribution in [0, 0.1) is 13.8 Å². The van der Waals surface area contributed by atoms with Gasteiger partial charge in [0.2, 0.25) is 0 Å². The van der Waals surface area contributed by atoms with E-state index < -0.39 is 17.5 Å². The minimum atomic E-state index is -1.22. The third-order valence-electron chi connectivity index (χ3n) is 3.61. The molecule has 3 N–H and O–H groups in total. The molecule has 1 aromatic carbocycles. The number of carboxylic acids is 1. The number of urea groups is 1. The number of anilines is 1. The van der Waals surface area contributed by atoms with Crippen LogP contribution in [0.25, 0.3) is 0 Å². The highest BCUT2D eigenvalue weighted by molar-refractivity contribution is 5.94. The second kappa shape index (κ2) is 6.41. The number of amides is 2. The number of aliphatic carboxylic acids is 1. The molecule has 5 nitrogen and oxygen atoms in total. The van der Waals surface area contributed by atoms with Gasteiger partial charge in [0.1, 0.15) is 5.54 Å². The van der Waals surface area contributed by atoms with Crippen molar-refractivity contribution in [3.8, 4) is 0 Å². The second-order valence-corrected chi connectivity index (χ2v) is 4.99. The van der Waals surface area contributed by atoms with Gasteiger partial charge >= 0.3 is 12.0 Å². The van der Waals surface area contributed by atoms with E-state index in [4.69, 9.17) is 0 Å². The first kappa shape index (κ1) is 16.0. The predicted molar refractivity (Wildman–Crippen MR) is 79.0 cm³/mol. The van der Waals surface area contributed by atoms with Gasteiger partial charge in [0, 0.05) is 5.69 Å². The number of nitrogens with one attached hydrogen (secondary N) is 2. The first-order valence-corrected chi connectivity index (χ1v) is 6.74. The molecule has 5 heteroatoms. The van der Waals surface area contributed by atoms with Crippen LogP contribution < -0.4 is 10.6 Å². The Balaban J connectivity index is 2.86. The Kier molecular flexibility index (Phi) is 5.13. The van der Waals surface area contributed by atoms with Crippen LogP contribution in [0.1, 0.15) is 37.8 Å². The van der Waals surface area contributed by atoms with Crippen LogP contribution in [0.3, 0.4) is 0 Å². The third-order valence-corrected chi connectivity index (χ3v) is 3.61. The number of carboxylic acid groups (broad SMARTS) is 1. The number of hydrogen-bond donors (Lipinski definition) is 3. The Labute approximate surface area is 119 Å². The van der Waals surface area contributed by atoms with E-state index in [9.17, 15) is 14.7 Å². The van der Waals surface area contributed by atoms with Crippen molar-refractivity contribution in [2.45, 2.75) is 46.1 Å². The fourth-order valence-corrected chi connectivity index (χ4v) is 2.02. The van der Waals surface area contributed by atoms with Crippen molar-refractivity contribution < 1.29 is 14.7 Å². The van der Waals surface area contributed by atoms with Crippen LogP contribution in [0.4, 0.5) is 10.5 Å². The average Bonchev–Trinajstić information content (AvgIpc) is 2.40. The Morgan fingerprint density at radius 3 is 2.30 bits per heavy atom. The van der Waals surface area contributed by atoms with Gasteiger partial charge < -0.3 is 15.7 Å². The van der Waals surface area contributed by atoms with E-state index in [1.54, 1.807) is 13.8 Å². The smallest absolute Gasteiger partial charge is 0.329 e. The van der Waals surface area contributed by atoms with Crippen molar-refractivity contribution in [1.82, 2.24) is 5.32 Å². The standard InChI is InChI=1S/C15H22N2O3/c1-5-15(6-2,13(18)19)17-14(20)16-12-9-10(3)7-8-11(12)4/h7-9H,5-6H2,1-4H3,(H,18,19)(H2,16,17,20). The summed E-state index contributed by atoms with van der Waals surface area (Å²) in [5.41, 5.74) is 1.43. The summed E-state index contributed by atoms with van der Waals surface area (Å²) in [4.78, 5) is 23.4. The molecule has 0 saturated carbocycles. The topological polar surface area (TPSA) is 78.4 Å². The zero-order valence-electron chi connectivity index (χ0n) is 12.4. The number of benzene rings is 1. The van der Waals surface area contributed by atoms with Crippen molar-refractivity contribution in [2.75, 3.05) is 5.32 Å². The molecular formula is C15H22N2O3. The van der Waals surface area contributed by atoms with E-state index in [-0.39, 0.29) is 0 Å². The molecule has 1 aromatic rings. The number of hydrogen-bond acceptors (Lipinski definition) is 2. The van der Waals surface area contributed by atoms with Crippen molar-refractivity contribution >= 4 is 17.7 Å². The van der Waals surface area contributed by atoms with Crippen LogP contribution in [-0.2, 0) is 4.79 Å². The molecule has 0 aliphatic carbocycles. The summed E-state index contributed by atoms with van der Waals surface area (Å²) < 4.78 is 0. The van der Waals surface area contributed by atoms with Crippen molar-refractivity contribution in [3.63, 3.8) is 0 Å². The van der Waals surface area contributed by atoms with E-state index in [0.29, 0.717) is 18.5 Å². The molecular weight excluding hydrogens is 256 g/mol. The zero-order chi connectivity index (χ0) is 15.3. The molecule has 2 amide bonds. The SMILES string of the molecule is CCC(CC)(NC(=O)Nc1cc(C)ccc1C)C(=O)O. The molecule has 20 heavy (non-hydrogen) atoms. The number of aryl methyl sites for hydroxylation is 2. The second-order valence-electron chi connectivity index (χ2n) is 4.99. The summed E-state index contributed by atoms with van der Waals surface area (Å²) in [6.07, 6.45) is 0.665. The predicted octanol–water partition coefficient (Wildman–Crippen LogP) is 3.07. The third kappa shape index (κ3) is 3.50. The highest BCUT2D eigenvalue weighted by Crippen LogP contribution is 2.18. The van der Waals surface area contributed by atoms with Crippen LogP contribution >= 0.6 is 0 Å². The van der Waals surface area contributed by atoms with E-state index >= 15 is 0 Å². The Morgan fingerprint density at radius 1 is 1.20 bits per heavy atom. The van der Waals surface area contributed by atoms with Gasteiger partial charge in [0.05, 0.1) is 0 Å². The first-order chi connectivity index (χ1) is 9.34. The minimum absolute atomic E-state index is 0.332. The van der Waals surface area contributed by atoms with Gasteiger partial charge in [-0.1, -0.05) is 26.0 Å². The molecule has 0 atom stereocenters. The molecule has 0 aliphatic rings. The van der Waals surface area contributed by atoms with Gasteiger partial charge in [-0.3, -0.25) is 0 Å². The fourth-order valence-electron chi connectivity index (χ4n) is 2.02. The van der Waals surface area contributed by atoms with Crippen LogP contribution in [0.5, 0.6) is 0 Å². The van der Waals surface area contributed by atoms with Crippen molar-refractivity contribution in [2.24, 2.45) is 0 Å². The molecule has 0 bridgehead atoms. The summed E-state index contributed by atoms with van der Waals surface area (Å²) in [5, 5.41) is 14.6. The molecule has 0 aromatic heterocycles. The molecule has 0 radical (unpaired) electrons. The average molecular weight is 278 g/mol. The van der Waals surface area contributed by atoms with E-state index in [1.165, 1.54) is 0 Å². The first-order valence-electron chi connectivity index (χ1n) is 6.74. The van der Waals surface area contributed by atoms with Crippen LogP contribution in [0.2, 0.25) is 0 Å². The van der Waals surface area contributed by atoms with E-state index in [2.05, 4.69) is 10.6 Å². The molecule has 0 heterocycles. The summed E-state index contributed by atoms with van der Waals surface area (Å²) >= 11 is 0. The summed E-state index contributed by atoms with van der Waals surface area (Å²) in [7, 11) is 0. The van der Waals surface area contributed by atoms with Gasteiger partial charge in [-0.25, -0.2) is 9.59 Å². The normalized spacial score (nSPS) is 11.0. The lowest BCUT2D eigenvalue weighted by molar-refractivity contribution is -0.144. The maximum atomic E-state index is 12.0. The van der Waals surface area contributed by atoms with Gasteiger partial charge in [-0.15, -0.1) is 0 Å². The molecule has 110 valence electrons. The number of rotatable bonds is 5. The van der Waals surface area contributed by atoms with Crippen molar-refractivity contribution in [3.05, 3.63) is 29.3 Å². The maximum absolute atomic E-state index is 12.0. The summed E-state index contributed by atoms with van der Waals surface area (Å²) in [6, 6.07) is 5.23. The largest absolute Gasteiger partial charge is 0.480 e. The van der Waals surface area contributed by atoms with Crippen LogP contribution in [-0.4, -0.2) is 22.6 Å². The zero-order valence-corrected chi connectivity index (χ0v) is 12.4. The molecule has 0 fully saturated rings. The van der Waals surface area contributed by atoms with Gasteiger partial charge in [-0.05, 0) is 43.9 Å². The molecule has 0 aliphatic heterocycles. The highest BCUT2D eigenvalue weighted by atomic mass is 16.4.